The molecule has 0 aliphatic heterocycles. The van der Waals surface area contributed by atoms with Gasteiger partial charge >= 0.3 is 0 Å². The molecule has 2 aromatic carbocycles. The molecule has 0 bridgehead atoms. The number of anilines is 1. The smallest absolute Gasteiger partial charge is 0.264 e. The number of halogens is 1. The summed E-state index contributed by atoms with van der Waals surface area (Å²) in [6, 6.07) is 19.3. The zero-order valence-corrected chi connectivity index (χ0v) is 16.6. The van der Waals surface area contributed by atoms with Crippen molar-refractivity contribution in [1.82, 2.24) is 4.98 Å². The second kappa shape index (κ2) is 8.55. The van der Waals surface area contributed by atoms with E-state index < -0.39 is 16.1 Å². The minimum absolute atomic E-state index is 0.250. The molecular weight excluding hydrogens is 380 g/mol. The van der Waals surface area contributed by atoms with Gasteiger partial charge in [0.15, 0.2) is 0 Å². The molecule has 6 heteroatoms. The van der Waals surface area contributed by atoms with Gasteiger partial charge in [-0.1, -0.05) is 36.4 Å². The number of benzene rings is 2. The summed E-state index contributed by atoms with van der Waals surface area (Å²) in [5.74, 6) is 0.500. The van der Waals surface area contributed by atoms with E-state index in [1.807, 2.05) is 49.4 Å². The Kier molecular flexibility index (Phi) is 6.14. The average molecular weight is 401 g/mol. The molecule has 0 spiro atoms. The van der Waals surface area contributed by atoms with E-state index in [9.17, 15) is 8.42 Å². The number of alkyl halides is 1. The van der Waals surface area contributed by atoms with Gasteiger partial charge in [-0.25, -0.2) is 8.42 Å². The highest BCUT2D eigenvalue weighted by Crippen LogP contribution is 2.32. The molecule has 3 aromatic rings. The molecule has 3 rings (SSSR count). The number of aromatic nitrogens is 1. The van der Waals surface area contributed by atoms with Crippen LogP contribution >= 0.6 is 11.6 Å². The first kappa shape index (κ1) is 19.4. The first-order valence-electron chi connectivity index (χ1n) is 8.68. The molecule has 4 nitrogen and oxygen atoms in total. The van der Waals surface area contributed by atoms with Crippen molar-refractivity contribution in [2.45, 2.75) is 24.3 Å². The van der Waals surface area contributed by atoms with Crippen LogP contribution in [0.1, 0.15) is 24.1 Å². The number of hydrogen-bond acceptors (Lipinski definition) is 3. The van der Waals surface area contributed by atoms with Crippen molar-refractivity contribution >= 4 is 27.3 Å². The van der Waals surface area contributed by atoms with Crippen LogP contribution in [0.3, 0.4) is 0 Å². The number of sulfonamides is 1. The van der Waals surface area contributed by atoms with E-state index in [-0.39, 0.29) is 4.90 Å². The zero-order chi connectivity index (χ0) is 19.3. The normalized spacial score (nSPS) is 12.5. The average Bonchev–Trinajstić information content (AvgIpc) is 2.70. The third-order valence-electron chi connectivity index (χ3n) is 4.39. The molecule has 27 heavy (non-hydrogen) atoms. The van der Waals surface area contributed by atoms with Gasteiger partial charge in [0.1, 0.15) is 0 Å². The maximum absolute atomic E-state index is 13.5. The Balaban J connectivity index is 2.06. The Labute approximate surface area is 165 Å². The van der Waals surface area contributed by atoms with Gasteiger partial charge in [0.25, 0.3) is 10.0 Å². The summed E-state index contributed by atoms with van der Waals surface area (Å²) in [6.07, 6.45) is 4.07. The topological polar surface area (TPSA) is 50.3 Å². The molecule has 0 fully saturated rings. The van der Waals surface area contributed by atoms with Gasteiger partial charge in [-0.15, -0.1) is 11.6 Å². The Bertz CT molecular complexity index is 962. The number of nitrogens with zero attached hydrogens (tertiary/aromatic N) is 2. The van der Waals surface area contributed by atoms with Gasteiger partial charge in [-0.05, 0) is 54.8 Å². The minimum atomic E-state index is -3.76. The van der Waals surface area contributed by atoms with Crippen molar-refractivity contribution in [2.24, 2.45) is 0 Å². The van der Waals surface area contributed by atoms with E-state index in [2.05, 4.69) is 4.98 Å². The predicted molar refractivity (Wildman–Crippen MR) is 110 cm³/mol. The molecule has 1 unspecified atom stereocenters. The van der Waals surface area contributed by atoms with Crippen molar-refractivity contribution in [2.75, 3.05) is 10.2 Å². The van der Waals surface area contributed by atoms with Crippen LogP contribution in [-0.4, -0.2) is 19.3 Å². The summed E-state index contributed by atoms with van der Waals surface area (Å²) >= 11 is 5.77. The maximum Gasteiger partial charge on any atom is 0.264 e. The van der Waals surface area contributed by atoms with Crippen LogP contribution in [0, 0.1) is 0 Å². The highest BCUT2D eigenvalue weighted by Gasteiger charge is 2.30. The van der Waals surface area contributed by atoms with Crippen molar-refractivity contribution < 1.29 is 8.42 Å². The zero-order valence-electron chi connectivity index (χ0n) is 15.0. The van der Waals surface area contributed by atoms with Gasteiger partial charge in [0, 0.05) is 18.3 Å². The number of para-hydroxylation sites is 1. The van der Waals surface area contributed by atoms with Crippen LogP contribution in [0.5, 0.6) is 0 Å². The molecule has 0 aliphatic carbocycles. The SMILES string of the molecule is CC(c1cccnc1)N(c1ccccc1)S(=O)(=O)c1ccc(CCCl)cc1. The van der Waals surface area contributed by atoms with E-state index in [1.54, 1.807) is 36.7 Å². The second-order valence-corrected chi connectivity index (χ2v) is 8.37. The van der Waals surface area contributed by atoms with Gasteiger partial charge in [0.05, 0.1) is 16.6 Å². The van der Waals surface area contributed by atoms with Crippen LogP contribution in [-0.2, 0) is 16.4 Å². The van der Waals surface area contributed by atoms with Crippen LogP contribution in [0.2, 0.25) is 0 Å². The lowest BCUT2D eigenvalue weighted by molar-refractivity contribution is 0.582. The summed E-state index contributed by atoms with van der Waals surface area (Å²) in [5, 5.41) is 0. The summed E-state index contributed by atoms with van der Waals surface area (Å²) in [5.41, 5.74) is 2.44. The molecular formula is C21H21ClN2O2S. The van der Waals surface area contributed by atoms with Crippen molar-refractivity contribution in [3.8, 4) is 0 Å². The highest BCUT2D eigenvalue weighted by atomic mass is 35.5. The number of pyridine rings is 1. The van der Waals surface area contributed by atoms with Gasteiger partial charge in [-0.2, -0.15) is 0 Å². The molecule has 1 atom stereocenters. The summed E-state index contributed by atoms with van der Waals surface area (Å²) < 4.78 is 28.4. The molecule has 0 saturated heterocycles. The first-order valence-corrected chi connectivity index (χ1v) is 10.7. The molecule has 0 amide bonds. The second-order valence-electron chi connectivity index (χ2n) is 6.18. The quantitative estimate of drug-likeness (QED) is 0.534. The lowest BCUT2D eigenvalue weighted by Crippen LogP contribution is -2.33. The van der Waals surface area contributed by atoms with Crippen molar-refractivity contribution in [1.29, 1.82) is 0 Å². The van der Waals surface area contributed by atoms with Gasteiger partial charge in [0.2, 0.25) is 0 Å². The van der Waals surface area contributed by atoms with Crippen molar-refractivity contribution in [3.63, 3.8) is 0 Å². The van der Waals surface area contributed by atoms with Crippen LogP contribution < -0.4 is 4.31 Å². The molecule has 1 aromatic heterocycles. The third-order valence-corrected chi connectivity index (χ3v) is 6.49. The molecule has 0 aliphatic rings. The molecule has 140 valence electrons. The Morgan fingerprint density at radius 3 is 2.30 bits per heavy atom. The van der Waals surface area contributed by atoms with Crippen LogP contribution in [0.15, 0.2) is 84.0 Å². The van der Waals surface area contributed by atoms with E-state index in [1.165, 1.54) is 4.31 Å². The lowest BCUT2D eigenvalue weighted by Gasteiger charge is -2.30. The fourth-order valence-corrected chi connectivity index (χ4v) is 4.82. The fraction of sp³-hybridized carbons (Fsp3) is 0.190. The van der Waals surface area contributed by atoms with Crippen LogP contribution in [0.4, 0.5) is 5.69 Å². The summed E-state index contributed by atoms with van der Waals surface area (Å²) in [6.45, 7) is 1.86. The largest absolute Gasteiger partial charge is 0.264 e. The highest BCUT2D eigenvalue weighted by molar-refractivity contribution is 7.92. The Morgan fingerprint density at radius 1 is 1.00 bits per heavy atom. The van der Waals surface area contributed by atoms with E-state index in [0.29, 0.717) is 18.0 Å². The van der Waals surface area contributed by atoms with Gasteiger partial charge in [-0.3, -0.25) is 9.29 Å². The molecule has 0 saturated carbocycles. The van der Waals surface area contributed by atoms with E-state index >= 15 is 0 Å². The summed E-state index contributed by atoms with van der Waals surface area (Å²) in [4.78, 5) is 4.39. The van der Waals surface area contributed by atoms with E-state index in [0.717, 1.165) is 11.1 Å². The monoisotopic (exact) mass is 400 g/mol. The first-order chi connectivity index (χ1) is 13.0. The Morgan fingerprint density at radius 2 is 1.70 bits per heavy atom. The number of rotatable bonds is 7. The number of aryl methyl sites for hydroxylation is 1. The van der Waals surface area contributed by atoms with E-state index in [4.69, 9.17) is 11.6 Å². The lowest BCUT2D eigenvalue weighted by atomic mass is 10.1. The minimum Gasteiger partial charge on any atom is -0.264 e. The fourth-order valence-electron chi connectivity index (χ4n) is 2.95. The molecule has 0 radical (unpaired) electrons. The van der Waals surface area contributed by atoms with Crippen LogP contribution in [0.25, 0.3) is 0 Å². The standard InChI is InChI=1S/C21H21ClN2O2S/c1-17(19-6-5-15-23-16-19)24(20-7-3-2-4-8-20)27(25,26)21-11-9-18(10-12-21)13-14-22/h2-12,15-17H,13-14H2,1H3. The Hall–Kier alpha value is -2.37. The third kappa shape index (κ3) is 4.31. The maximum atomic E-state index is 13.5. The van der Waals surface area contributed by atoms with Gasteiger partial charge < -0.3 is 0 Å². The molecule has 0 N–H and O–H groups in total. The summed E-state index contributed by atoms with van der Waals surface area (Å²) in [7, 11) is -3.76. The molecule has 1 heterocycles. The predicted octanol–water partition coefficient (Wildman–Crippen LogP) is 4.82. The number of hydrogen-bond donors (Lipinski definition) is 0. The van der Waals surface area contributed by atoms with Crippen molar-refractivity contribution in [3.05, 3.63) is 90.3 Å².